The van der Waals surface area contributed by atoms with Crippen molar-refractivity contribution in [2.45, 2.75) is 156 Å². The van der Waals surface area contributed by atoms with Crippen molar-refractivity contribution in [2.75, 3.05) is 40.6 Å². The average Bonchev–Trinajstić information content (AvgIpc) is 1.64. The first-order valence-electron chi connectivity index (χ1n) is 28.9. The van der Waals surface area contributed by atoms with Gasteiger partial charge in [0.15, 0.2) is 23.0 Å². The van der Waals surface area contributed by atoms with E-state index in [0.717, 1.165) is 59.5 Å². The third-order valence-electron chi connectivity index (χ3n) is 15.6. The lowest BCUT2D eigenvalue weighted by Gasteiger charge is -2.32. The molecule has 0 aromatic carbocycles. The smallest absolute Gasteiger partial charge is 0.476 e. The number of imidazole rings is 2. The van der Waals surface area contributed by atoms with E-state index in [1.165, 1.54) is 35.7 Å². The summed E-state index contributed by atoms with van der Waals surface area (Å²) >= 11 is 15.9. The molecule has 0 bridgehead atoms. The molecule has 1 saturated heterocycles. The van der Waals surface area contributed by atoms with E-state index in [9.17, 15) is 35.9 Å². The van der Waals surface area contributed by atoms with Gasteiger partial charge in [-0.1, -0.05) is 62.5 Å². The number of aromatic nitrogens is 8. The number of hydrogen-bond donors (Lipinski definition) is 0. The monoisotopic (exact) mass is 1400 g/mol. The quantitative estimate of drug-likeness (QED) is 0.0269. The third-order valence-corrected chi connectivity index (χ3v) is 20.0. The minimum absolute atomic E-state index is 0.0258. The highest BCUT2D eigenvalue weighted by atomic mass is 79.9. The van der Waals surface area contributed by atoms with Gasteiger partial charge in [0.1, 0.15) is 48.9 Å². The number of esters is 2. The van der Waals surface area contributed by atoms with Crippen LogP contribution in [0, 0.1) is 24.7 Å². The van der Waals surface area contributed by atoms with E-state index in [4.69, 9.17) is 60.9 Å². The van der Waals surface area contributed by atoms with Gasteiger partial charge in [0.05, 0.1) is 35.5 Å². The van der Waals surface area contributed by atoms with E-state index in [0.29, 0.717) is 54.5 Å². The summed E-state index contributed by atoms with van der Waals surface area (Å²) in [6.45, 7) is 26.3. The van der Waals surface area contributed by atoms with Gasteiger partial charge in [-0.05, 0) is 119 Å². The lowest BCUT2D eigenvalue weighted by Crippen LogP contribution is -2.41. The summed E-state index contributed by atoms with van der Waals surface area (Å²) in [5, 5.41) is 0.339. The van der Waals surface area contributed by atoms with Crippen molar-refractivity contribution in [3.05, 3.63) is 98.5 Å². The van der Waals surface area contributed by atoms with Gasteiger partial charge < -0.3 is 46.9 Å². The fourth-order valence-corrected chi connectivity index (χ4v) is 11.3. The Labute approximate surface area is 541 Å². The first-order chi connectivity index (χ1) is 41.8. The molecule has 0 amide bonds. The van der Waals surface area contributed by atoms with Crippen LogP contribution in [0.15, 0.2) is 65.9 Å². The lowest BCUT2D eigenvalue weighted by molar-refractivity contribution is -0.149. The van der Waals surface area contributed by atoms with Crippen molar-refractivity contribution in [1.29, 1.82) is 0 Å². The van der Waals surface area contributed by atoms with Gasteiger partial charge in [0, 0.05) is 99.7 Å². The Morgan fingerprint density at radius 2 is 1.06 bits per heavy atom. The van der Waals surface area contributed by atoms with E-state index in [-0.39, 0.29) is 65.1 Å². The molecule has 6 aromatic rings. The van der Waals surface area contributed by atoms with Gasteiger partial charge in [0.25, 0.3) is 0 Å². The van der Waals surface area contributed by atoms with Crippen LogP contribution in [0.2, 0.25) is 61.4 Å². The van der Waals surface area contributed by atoms with E-state index >= 15 is 0 Å². The van der Waals surface area contributed by atoms with E-state index in [1.807, 2.05) is 47.6 Å². The molecule has 9 rings (SSSR count). The van der Waals surface area contributed by atoms with E-state index in [1.54, 1.807) is 30.6 Å². The number of pyridine rings is 4. The molecule has 2 saturated carbocycles. The maximum Gasteiger partial charge on any atom is 0.496 e. The molecule has 7 heterocycles. The van der Waals surface area contributed by atoms with Crippen molar-refractivity contribution in [1.82, 2.24) is 39.0 Å². The summed E-state index contributed by atoms with van der Waals surface area (Å²) in [6, 6.07) is 8.56. The minimum Gasteiger partial charge on any atom is -0.476 e. The molecular weight excluding hydrogens is 1320 g/mol. The number of rotatable bonds is 22. The molecule has 18 nitrogen and oxygen atoms in total. The second kappa shape index (κ2) is 28.4. The first-order valence-corrected chi connectivity index (χ1v) is 37.9. The van der Waals surface area contributed by atoms with Crippen LogP contribution in [-0.2, 0) is 63.7 Å². The largest absolute Gasteiger partial charge is 0.496 e. The molecular formula is C60H76BBrCl2F6N8O10Si2. The molecule has 490 valence electrons. The summed E-state index contributed by atoms with van der Waals surface area (Å²) in [6.07, 6.45) is 1.96. The number of hydrogen-bond acceptors (Lipinski definition) is 16. The van der Waals surface area contributed by atoms with Crippen molar-refractivity contribution in [3.8, 4) is 45.9 Å². The summed E-state index contributed by atoms with van der Waals surface area (Å²) in [4.78, 5) is 48.4. The topological polar surface area (TPSA) is 195 Å². The normalized spacial score (nSPS) is 16.3. The zero-order valence-electron chi connectivity index (χ0n) is 52.9. The maximum absolute atomic E-state index is 13.5. The van der Waals surface area contributed by atoms with Gasteiger partial charge in [-0.3, -0.25) is 19.6 Å². The van der Waals surface area contributed by atoms with Crippen molar-refractivity contribution >= 4 is 79.8 Å². The molecule has 3 fully saturated rings. The number of methoxy groups -OCH3 is 2. The van der Waals surface area contributed by atoms with Crippen LogP contribution < -0.4 is 14.9 Å². The molecule has 0 atom stereocenters. The van der Waals surface area contributed by atoms with Crippen LogP contribution >= 0.6 is 39.1 Å². The Morgan fingerprint density at radius 1 is 0.633 bits per heavy atom. The van der Waals surface area contributed by atoms with Crippen molar-refractivity contribution in [2.24, 2.45) is 10.8 Å². The van der Waals surface area contributed by atoms with Gasteiger partial charge >= 0.3 is 31.4 Å². The highest BCUT2D eigenvalue weighted by molar-refractivity contribution is 9.10. The fraction of sp³-hybridized carbons (Fsp3) is 0.533. The SMILES string of the molecule is COC(=O)C1(COc2cc(C)c(-c3cnc(-c4nc(C(F)(F)F)cn4COCC[Si](C)(C)C)c(Cl)c3)cn2)CC1.COC(=O)C1(COc2cc(C)c(B3OC(C)(C)C(C)(C)O3)cn2)CC1.C[Si](C)(C)CCOCn1cc(C(F)(F)F)nc1-c1ncc(Br)cc1Cl. The average molecular weight is 1400 g/mol. The highest BCUT2D eigenvalue weighted by Gasteiger charge is 2.54. The van der Waals surface area contributed by atoms with Crippen LogP contribution in [0.5, 0.6) is 11.8 Å². The predicted octanol–water partition coefficient (Wildman–Crippen LogP) is 14.3. The number of ether oxygens (including phenoxy) is 6. The van der Waals surface area contributed by atoms with Crippen LogP contribution in [-0.4, -0.2) is 126 Å². The molecule has 0 spiro atoms. The molecule has 90 heavy (non-hydrogen) atoms. The Bertz CT molecular complexity index is 3510. The van der Waals surface area contributed by atoms with Crippen LogP contribution in [0.4, 0.5) is 26.3 Å². The minimum atomic E-state index is -4.63. The van der Waals surface area contributed by atoms with E-state index in [2.05, 4.69) is 85.1 Å². The molecule has 0 N–H and O–H groups in total. The predicted molar refractivity (Wildman–Crippen MR) is 338 cm³/mol. The number of aryl methyl sites for hydroxylation is 2. The second-order valence-electron chi connectivity index (χ2n) is 26.0. The Balaban J connectivity index is 0.000000201. The summed E-state index contributed by atoms with van der Waals surface area (Å²) < 4.78 is 127. The summed E-state index contributed by atoms with van der Waals surface area (Å²) in [7, 11) is -0.330. The van der Waals surface area contributed by atoms with Crippen molar-refractivity contribution in [3.63, 3.8) is 0 Å². The maximum atomic E-state index is 13.5. The Hall–Kier alpha value is -5.46. The van der Waals surface area contributed by atoms with Crippen LogP contribution in [0.25, 0.3) is 34.2 Å². The number of alkyl halides is 6. The summed E-state index contributed by atoms with van der Waals surface area (Å²) in [5.41, 5.74) is 0.383. The molecule has 6 aromatic heterocycles. The molecule has 2 aliphatic carbocycles. The van der Waals surface area contributed by atoms with E-state index < -0.39 is 69.0 Å². The molecule has 3 aliphatic rings. The highest BCUT2D eigenvalue weighted by Crippen LogP contribution is 2.48. The van der Waals surface area contributed by atoms with Crippen LogP contribution in [0.3, 0.4) is 0 Å². The number of nitrogens with zero attached hydrogens (tertiary/aromatic N) is 8. The van der Waals surface area contributed by atoms with Crippen molar-refractivity contribution < 1.29 is 73.7 Å². The number of carbonyl (C=O) groups is 2. The lowest BCUT2D eigenvalue weighted by atomic mass is 9.77. The second-order valence-corrected chi connectivity index (χ2v) is 39.0. The molecule has 30 heteroatoms. The first kappa shape index (κ1) is 72.0. The number of carbonyl (C=O) groups excluding carboxylic acids is 2. The van der Waals surface area contributed by atoms with Gasteiger partial charge in [0.2, 0.25) is 11.8 Å². The number of halogens is 9. The van der Waals surface area contributed by atoms with Gasteiger partial charge in [-0.15, -0.1) is 0 Å². The van der Waals surface area contributed by atoms with Crippen LogP contribution in [0.1, 0.15) is 75.9 Å². The Morgan fingerprint density at radius 3 is 1.43 bits per heavy atom. The summed E-state index contributed by atoms with van der Waals surface area (Å²) in [5.74, 6) is 0.352. The fourth-order valence-electron chi connectivity index (χ4n) is 8.81. The standard InChI is InChI=1S/C27H32ClF3N4O4Si.C18H26BNO5.C15H18BrClF3N3OSi/c1-17-10-22(39-15-26(6-7-26)25(36)37-2)32-13-19(17)18-11-20(28)23(33-12-18)24-34-21(27(29,30)31)14-35(24)16-38-8-9-40(3,4)5;1-12-9-14(23-11-18(7-8-18)15(21)22-6)20-10-13(12)19-24-16(2,3)17(4,5)25-19;1-25(2,3)5-4-24-9-23-8-12(15(18,19)20)22-14(23)13-11(17)6-10(16)7-21-13/h10-14H,6-9,15-16H2,1-5H3;9-10H,7-8,11H2,1-6H3;6-8H,4-5,9H2,1-3H3. The van der Waals surface area contributed by atoms with Gasteiger partial charge in [-0.2, -0.15) is 26.3 Å². The third kappa shape index (κ3) is 18.6. The molecule has 0 unspecified atom stereocenters. The molecule has 1 aliphatic heterocycles. The zero-order chi connectivity index (χ0) is 66.6. The van der Waals surface area contributed by atoms with Gasteiger partial charge in [-0.25, -0.2) is 19.9 Å². The zero-order valence-corrected chi connectivity index (χ0v) is 58.0. The Kier molecular flexibility index (Phi) is 22.7. The molecule has 0 radical (unpaired) electrons.